The summed E-state index contributed by atoms with van der Waals surface area (Å²) in [5, 5.41) is 0.989. The number of aromatic nitrogens is 1. The molecule has 2 amide bonds. The molecular weight excluding hydrogens is 254 g/mol. The number of amides is 2. The number of para-hydroxylation sites is 1. The maximum Gasteiger partial charge on any atom is 0.270 e. The van der Waals surface area contributed by atoms with Crippen molar-refractivity contribution in [1.29, 1.82) is 0 Å². The number of primary amides is 1. The van der Waals surface area contributed by atoms with Crippen molar-refractivity contribution in [1.82, 2.24) is 9.88 Å². The van der Waals surface area contributed by atoms with E-state index in [1.807, 2.05) is 30.3 Å². The minimum Gasteiger partial charge on any atom is -0.368 e. The Labute approximate surface area is 116 Å². The quantitative estimate of drug-likeness (QED) is 0.871. The van der Waals surface area contributed by atoms with Crippen LogP contribution in [0.25, 0.3) is 10.9 Å². The van der Waals surface area contributed by atoms with Gasteiger partial charge in [0.2, 0.25) is 5.91 Å². The molecule has 2 heterocycles. The molecule has 2 aromatic rings. The van der Waals surface area contributed by atoms with Gasteiger partial charge in [0, 0.05) is 17.4 Å². The van der Waals surface area contributed by atoms with Crippen molar-refractivity contribution >= 4 is 22.7 Å². The lowest BCUT2D eigenvalue weighted by atomic mass is 10.0. The molecule has 5 nitrogen and oxygen atoms in total. The van der Waals surface area contributed by atoms with Gasteiger partial charge in [-0.15, -0.1) is 0 Å². The summed E-state index contributed by atoms with van der Waals surface area (Å²) in [7, 11) is 0. The summed E-state index contributed by atoms with van der Waals surface area (Å²) in [6, 6.07) is 9.06. The molecule has 0 radical (unpaired) electrons. The van der Waals surface area contributed by atoms with Gasteiger partial charge in [-0.2, -0.15) is 0 Å². The number of piperidine rings is 1. The average molecular weight is 271 g/mol. The van der Waals surface area contributed by atoms with Crippen LogP contribution in [0.15, 0.2) is 30.3 Å². The smallest absolute Gasteiger partial charge is 0.270 e. The number of nitrogens with zero attached hydrogens (tertiary/aromatic N) is 1. The molecule has 1 fully saturated rings. The van der Waals surface area contributed by atoms with Crippen molar-refractivity contribution in [2.24, 2.45) is 5.73 Å². The van der Waals surface area contributed by atoms with Crippen LogP contribution >= 0.6 is 0 Å². The van der Waals surface area contributed by atoms with Gasteiger partial charge in [-0.05, 0) is 31.4 Å². The number of benzene rings is 1. The Balaban J connectivity index is 1.92. The molecule has 0 bridgehead atoms. The molecule has 1 aliphatic heterocycles. The van der Waals surface area contributed by atoms with Crippen LogP contribution in [-0.2, 0) is 4.79 Å². The molecular formula is C15H17N3O2. The predicted octanol–water partition coefficient (Wildman–Crippen LogP) is 1.65. The van der Waals surface area contributed by atoms with Gasteiger partial charge >= 0.3 is 0 Å². The summed E-state index contributed by atoms with van der Waals surface area (Å²) < 4.78 is 0. The zero-order valence-corrected chi connectivity index (χ0v) is 11.1. The highest BCUT2D eigenvalue weighted by atomic mass is 16.2. The highest BCUT2D eigenvalue weighted by Gasteiger charge is 2.31. The first kappa shape index (κ1) is 12.7. The van der Waals surface area contributed by atoms with E-state index >= 15 is 0 Å². The van der Waals surface area contributed by atoms with E-state index < -0.39 is 11.9 Å². The maximum absolute atomic E-state index is 12.6. The van der Waals surface area contributed by atoms with Crippen molar-refractivity contribution in [3.05, 3.63) is 36.0 Å². The molecule has 1 atom stereocenters. The van der Waals surface area contributed by atoms with Crippen molar-refractivity contribution in [2.75, 3.05) is 6.54 Å². The molecule has 1 saturated heterocycles. The van der Waals surface area contributed by atoms with Crippen LogP contribution in [0.1, 0.15) is 29.8 Å². The second kappa shape index (κ2) is 5.00. The SMILES string of the molecule is NC(=O)C1CCCCN1C(=O)c1cc2ccccc2[nH]1. The third-order valence-electron chi connectivity index (χ3n) is 3.85. The van der Waals surface area contributed by atoms with Crippen LogP contribution in [0.5, 0.6) is 0 Å². The van der Waals surface area contributed by atoms with E-state index in [4.69, 9.17) is 5.73 Å². The number of nitrogens with one attached hydrogen (secondary N) is 1. The molecule has 20 heavy (non-hydrogen) atoms. The number of H-pyrrole nitrogens is 1. The van der Waals surface area contributed by atoms with Crippen LogP contribution < -0.4 is 5.73 Å². The monoisotopic (exact) mass is 271 g/mol. The van der Waals surface area contributed by atoms with Crippen LogP contribution in [0.3, 0.4) is 0 Å². The Kier molecular flexibility index (Phi) is 3.18. The van der Waals surface area contributed by atoms with Crippen molar-refractivity contribution in [2.45, 2.75) is 25.3 Å². The first-order valence-electron chi connectivity index (χ1n) is 6.85. The Morgan fingerprint density at radius 3 is 2.80 bits per heavy atom. The summed E-state index contributed by atoms with van der Waals surface area (Å²) in [6.45, 7) is 0.585. The standard InChI is InChI=1S/C15H17N3O2/c16-14(19)13-7-3-4-8-18(13)15(20)12-9-10-5-1-2-6-11(10)17-12/h1-2,5-6,9,13,17H,3-4,7-8H2,(H2,16,19). The predicted molar refractivity (Wildman–Crippen MR) is 76.2 cm³/mol. The largest absolute Gasteiger partial charge is 0.368 e. The molecule has 3 rings (SSSR count). The maximum atomic E-state index is 12.6. The second-order valence-corrected chi connectivity index (χ2v) is 5.18. The van der Waals surface area contributed by atoms with Gasteiger partial charge < -0.3 is 15.6 Å². The third-order valence-corrected chi connectivity index (χ3v) is 3.85. The Hall–Kier alpha value is -2.30. The molecule has 1 aliphatic rings. The molecule has 1 unspecified atom stereocenters. The minimum absolute atomic E-state index is 0.148. The van der Waals surface area contributed by atoms with Gasteiger partial charge in [0.05, 0.1) is 0 Å². The topological polar surface area (TPSA) is 79.2 Å². The van der Waals surface area contributed by atoms with Crippen molar-refractivity contribution in [3.8, 4) is 0 Å². The lowest BCUT2D eigenvalue weighted by molar-refractivity contribution is -0.123. The summed E-state index contributed by atoms with van der Waals surface area (Å²) in [5.74, 6) is -0.570. The third kappa shape index (κ3) is 2.15. The van der Waals surface area contributed by atoms with Crippen LogP contribution in [0.4, 0.5) is 0 Å². The van der Waals surface area contributed by atoms with E-state index in [1.165, 1.54) is 0 Å². The van der Waals surface area contributed by atoms with E-state index in [0.717, 1.165) is 23.7 Å². The summed E-state index contributed by atoms with van der Waals surface area (Å²) in [6.07, 6.45) is 2.50. The van der Waals surface area contributed by atoms with Gasteiger partial charge in [0.15, 0.2) is 0 Å². The van der Waals surface area contributed by atoms with Gasteiger partial charge in [-0.25, -0.2) is 0 Å². The van der Waals surface area contributed by atoms with Gasteiger partial charge in [-0.3, -0.25) is 9.59 Å². The summed E-state index contributed by atoms with van der Waals surface area (Å²) in [5.41, 5.74) is 6.84. The van der Waals surface area contributed by atoms with E-state index in [-0.39, 0.29) is 5.91 Å². The Bertz CT molecular complexity index is 629. The molecule has 1 aromatic carbocycles. The number of likely N-dealkylation sites (tertiary alicyclic amines) is 1. The highest BCUT2D eigenvalue weighted by Crippen LogP contribution is 2.21. The summed E-state index contributed by atoms with van der Waals surface area (Å²) >= 11 is 0. The molecule has 0 saturated carbocycles. The highest BCUT2D eigenvalue weighted by molar-refractivity contribution is 6.00. The van der Waals surface area contributed by atoms with E-state index in [2.05, 4.69) is 4.98 Å². The summed E-state index contributed by atoms with van der Waals surface area (Å²) in [4.78, 5) is 28.8. The van der Waals surface area contributed by atoms with Crippen LogP contribution in [0, 0.1) is 0 Å². The van der Waals surface area contributed by atoms with Crippen molar-refractivity contribution < 1.29 is 9.59 Å². The minimum atomic E-state index is -0.484. The average Bonchev–Trinajstić information content (AvgIpc) is 2.90. The Morgan fingerprint density at radius 1 is 1.25 bits per heavy atom. The fourth-order valence-electron chi connectivity index (χ4n) is 2.81. The number of carbonyl (C=O) groups excluding carboxylic acids is 2. The van der Waals surface area contributed by atoms with Gasteiger partial charge in [0.1, 0.15) is 11.7 Å². The van der Waals surface area contributed by atoms with E-state index in [1.54, 1.807) is 4.90 Å². The second-order valence-electron chi connectivity index (χ2n) is 5.18. The molecule has 3 N–H and O–H groups in total. The number of fused-ring (bicyclic) bond motifs is 1. The van der Waals surface area contributed by atoms with Crippen molar-refractivity contribution in [3.63, 3.8) is 0 Å². The molecule has 5 heteroatoms. The number of rotatable bonds is 2. The van der Waals surface area contributed by atoms with Crippen LogP contribution in [-0.4, -0.2) is 34.3 Å². The Morgan fingerprint density at radius 2 is 2.05 bits per heavy atom. The van der Waals surface area contributed by atoms with E-state index in [9.17, 15) is 9.59 Å². The number of hydrogen-bond acceptors (Lipinski definition) is 2. The zero-order valence-electron chi connectivity index (χ0n) is 11.1. The number of carbonyl (C=O) groups is 2. The molecule has 0 spiro atoms. The normalized spacial score (nSPS) is 19.2. The first-order valence-corrected chi connectivity index (χ1v) is 6.85. The first-order chi connectivity index (χ1) is 9.66. The molecule has 104 valence electrons. The zero-order chi connectivity index (χ0) is 14.1. The molecule has 0 aliphatic carbocycles. The fourth-order valence-corrected chi connectivity index (χ4v) is 2.81. The number of nitrogens with two attached hydrogens (primary N) is 1. The lowest BCUT2D eigenvalue weighted by Crippen LogP contribution is -2.50. The number of aromatic amines is 1. The molecule has 1 aromatic heterocycles. The van der Waals surface area contributed by atoms with E-state index in [0.29, 0.717) is 18.7 Å². The van der Waals surface area contributed by atoms with Gasteiger partial charge in [-0.1, -0.05) is 18.2 Å². The van der Waals surface area contributed by atoms with Gasteiger partial charge in [0.25, 0.3) is 5.91 Å². The fraction of sp³-hybridized carbons (Fsp3) is 0.333. The number of hydrogen-bond donors (Lipinski definition) is 2. The lowest BCUT2D eigenvalue weighted by Gasteiger charge is -2.33. The van der Waals surface area contributed by atoms with Crippen LogP contribution in [0.2, 0.25) is 0 Å².